The van der Waals surface area contributed by atoms with Gasteiger partial charge in [0.05, 0.1) is 5.69 Å². The maximum absolute atomic E-state index is 13.2. The Balaban J connectivity index is 0.00000181. The summed E-state index contributed by atoms with van der Waals surface area (Å²) < 4.78 is 0. The van der Waals surface area contributed by atoms with Crippen molar-refractivity contribution < 1.29 is 4.79 Å². The van der Waals surface area contributed by atoms with Crippen LogP contribution >= 0.6 is 12.4 Å². The lowest BCUT2D eigenvalue weighted by atomic mass is 9.77. The molecule has 2 aliphatic heterocycles. The second kappa shape index (κ2) is 7.06. The molecule has 6 heteroatoms. The molecule has 5 nitrogen and oxygen atoms in total. The fourth-order valence-corrected chi connectivity index (χ4v) is 5.98. The summed E-state index contributed by atoms with van der Waals surface area (Å²) in [6, 6.07) is 10.2. The summed E-state index contributed by atoms with van der Waals surface area (Å²) in [6.07, 6.45) is 6.37. The van der Waals surface area contributed by atoms with E-state index in [4.69, 9.17) is 4.98 Å². The van der Waals surface area contributed by atoms with Crippen LogP contribution in [-0.2, 0) is 16.6 Å². The Morgan fingerprint density at radius 2 is 1.93 bits per heavy atom. The number of hydrogen-bond acceptors (Lipinski definition) is 4. The number of aryl methyl sites for hydroxylation is 1. The molecule has 1 saturated carbocycles. The zero-order valence-electron chi connectivity index (χ0n) is 16.5. The molecule has 2 aromatic rings. The van der Waals surface area contributed by atoms with Crippen molar-refractivity contribution in [1.82, 2.24) is 20.2 Å². The van der Waals surface area contributed by atoms with Gasteiger partial charge in [-0.2, -0.15) is 0 Å². The number of nitrogens with zero attached hydrogens (tertiary/aromatic N) is 3. The highest BCUT2D eigenvalue weighted by molar-refractivity contribution is 5.85. The summed E-state index contributed by atoms with van der Waals surface area (Å²) in [5.41, 5.74) is 3.57. The average Bonchev–Trinajstić information content (AvgIpc) is 3.06. The first-order valence-corrected chi connectivity index (χ1v) is 10.7. The fourth-order valence-electron chi connectivity index (χ4n) is 5.98. The van der Waals surface area contributed by atoms with Crippen LogP contribution in [0.1, 0.15) is 30.5 Å². The Morgan fingerprint density at radius 3 is 2.72 bits per heavy atom. The van der Waals surface area contributed by atoms with Gasteiger partial charge in [-0.15, -0.1) is 12.4 Å². The van der Waals surface area contributed by atoms with Crippen molar-refractivity contribution in [1.29, 1.82) is 0 Å². The van der Waals surface area contributed by atoms with Crippen molar-refractivity contribution in [2.45, 2.75) is 31.1 Å². The average molecular weight is 411 g/mol. The first-order chi connectivity index (χ1) is 13.8. The van der Waals surface area contributed by atoms with E-state index in [1.165, 1.54) is 11.3 Å². The number of benzene rings is 1. The lowest BCUT2D eigenvalue weighted by Crippen LogP contribution is -2.49. The smallest absolute Gasteiger partial charge is 0.226 e. The van der Waals surface area contributed by atoms with Crippen molar-refractivity contribution in [2.24, 2.45) is 17.8 Å². The molecule has 29 heavy (non-hydrogen) atoms. The SMILES string of the molecule is Cl.O=C(C1[C@H]2CNC[C@@H]12)N1CCCC2(CCc3cnc(-c4ccccc4)nc32)C1. The van der Waals surface area contributed by atoms with Gasteiger partial charge in [-0.3, -0.25) is 4.79 Å². The molecule has 1 spiro atoms. The standard InChI is InChI=1S/C23H26N4O.ClH/c28-22(19-17-12-24-13-18(17)19)27-10-4-8-23(14-27)9-7-16-11-25-21(26-20(16)23)15-5-2-1-3-6-15;/h1-3,5-6,11,17-19,24H,4,7-10,12-14H2;1H/t17-,18+,19?,23?;. The van der Waals surface area contributed by atoms with E-state index in [0.717, 1.165) is 63.3 Å². The topological polar surface area (TPSA) is 58.1 Å². The van der Waals surface area contributed by atoms with E-state index in [2.05, 4.69) is 27.3 Å². The van der Waals surface area contributed by atoms with Crippen molar-refractivity contribution in [3.05, 3.63) is 47.8 Å². The summed E-state index contributed by atoms with van der Waals surface area (Å²) in [6.45, 7) is 3.80. The lowest BCUT2D eigenvalue weighted by Gasteiger charge is -2.41. The minimum atomic E-state index is 0. The molecule has 2 aliphatic carbocycles. The molecule has 1 N–H and O–H groups in total. The summed E-state index contributed by atoms with van der Waals surface area (Å²) in [4.78, 5) is 25.0. The largest absolute Gasteiger partial charge is 0.341 e. The molecule has 4 atom stereocenters. The molecular weight excluding hydrogens is 384 g/mol. The van der Waals surface area contributed by atoms with Crippen LogP contribution in [-0.4, -0.2) is 47.0 Å². The predicted molar refractivity (Wildman–Crippen MR) is 114 cm³/mol. The van der Waals surface area contributed by atoms with E-state index in [-0.39, 0.29) is 23.7 Å². The second-order valence-corrected chi connectivity index (χ2v) is 9.09. The molecule has 1 aromatic carbocycles. The van der Waals surface area contributed by atoms with Gasteiger partial charge >= 0.3 is 0 Å². The number of carbonyl (C=O) groups is 1. The molecule has 2 saturated heterocycles. The van der Waals surface area contributed by atoms with Crippen molar-refractivity contribution >= 4 is 18.3 Å². The monoisotopic (exact) mass is 410 g/mol. The quantitative estimate of drug-likeness (QED) is 0.827. The maximum Gasteiger partial charge on any atom is 0.226 e. The number of amides is 1. The maximum atomic E-state index is 13.2. The Kier molecular flexibility index (Phi) is 4.63. The first-order valence-electron chi connectivity index (χ1n) is 10.7. The third-order valence-electron chi connectivity index (χ3n) is 7.54. The normalized spacial score (nSPS) is 31.9. The number of likely N-dealkylation sites (tertiary alicyclic amines) is 1. The highest BCUT2D eigenvalue weighted by Crippen LogP contribution is 2.51. The molecule has 1 amide bonds. The Labute approximate surface area is 177 Å². The van der Waals surface area contributed by atoms with E-state index < -0.39 is 0 Å². The molecule has 0 bridgehead atoms. The summed E-state index contributed by atoms with van der Waals surface area (Å²) >= 11 is 0. The lowest BCUT2D eigenvalue weighted by molar-refractivity contribution is -0.135. The number of piperidine rings is 2. The van der Waals surface area contributed by atoms with Crippen LogP contribution in [0.25, 0.3) is 11.4 Å². The molecule has 1 aromatic heterocycles. The first kappa shape index (κ1) is 19.0. The van der Waals surface area contributed by atoms with Gasteiger partial charge in [0, 0.05) is 36.2 Å². The summed E-state index contributed by atoms with van der Waals surface area (Å²) in [5.74, 6) is 2.68. The molecule has 0 radical (unpaired) electrons. The molecular formula is C23H27ClN4O. The second-order valence-electron chi connectivity index (χ2n) is 9.09. The molecule has 2 unspecified atom stereocenters. The number of nitrogens with one attached hydrogen (secondary N) is 1. The molecule has 6 rings (SSSR count). The van der Waals surface area contributed by atoms with Gasteiger partial charge < -0.3 is 10.2 Å². The Bertz CT molecular complexity index is 922. The zero-order chi connectivity index (χ0) is 18.7. The number of aromatic nitrogens is 2. The van der Waals surface area contributed by atoms with E-state index in [1.54, 1.807) is 0 Å². The third kappa shape index (κ3) is 2.98. The minimum Gasteiger partial charge on any atom is -0.341 e. The molecule has 3 fully saturated rings. The van der Waals surface area contributed by atoms with E-state index in [9.17, 15) is 4.79 Å². The fraction of sp³-hybridized carbons (Fsp3) is 0.522. The number of carbonyl (C=O) groups excluding carboxylic acids is 1. The van der Waals surface area contributed by atoms with Crippen LogP contribution in [0.4, 0.5) is 0 Å². The number of fused-ring (bicyclic) bond motifs is 3. The van der Waals surface area contributed by atoms with Crippen LogP contribution in [0.5, 0.6) is 0 Å². The third-order valence-corrected chi connectivity index (χ3v) is 7.54. The molecule has 4 aliphatic rings. The molecule has 152 valence electrons. The van der Waals surface area contributed by atoms with E-state index >= 15 is 0 Å². The van der Waals surface area contributed by atoms with Gasteiger partial charge in [0.15, 0.2) is 5.82 Å². The highest BCUT2D eigenvalue weighted by atomic mass is 35.5. The van der Waals surface area contributed by atoms with Gasteiger partial charge in [0.25, 0.3) is 0 Å². The van der Waals surface area contributed by atoms with Crippen LogP contribution in [0.3, 0.4) is 0 Å². The van der Waals surface area contributed by atoms with Crippen LogP contribution in [0.2, 0.25) is 0 Å². The number of hydrogen-bond donors (Lipinski definition) is 1. The summed E-state index contributed by atoms with van der Waals surface area (Å²) in [5, 5.41) is 3.41. The van der Waals surface area contributed by atoms with Gasteiger partial charge in [-0.25, -0.2) is 9.97 Å². The number of rotatable bonds is 2. The van der Waals surface area contributed by atoms with E-state index in [0.29, 0.717) is 17.7 Å². The van der Waals surface area contributed by atoms with Gasteiger partial charge in [-0.1, -0.05) is 30.3 Å². The minimum absolute atomic E-state index is 0. The van der Waals surface area contributed by atoms with Gasteiger partial charge in [0.2, 0.25) is 5.91 Å². The van der Waals surface area contributed by atoms with Crippen molar-refractivity contribution in [3.63, 3.8) is 0 Å². The number of halogens is 1. The van der Waals surface area contributed by atoms with Gasteiger partial charge in [-0.05, 0) is 56.2 Å². The van der Waals surface area contributed by atoms with E-state index in [1.807, 2.05) is 24.4 Å². The zero-order valence-corrected chi connectivity index (χ0v) is 17.3. The summed E-state index contributed by atoms with van der Waals surface area (Å²) in [7, 11) is 0. The van der Waals surface area contributed by atoms with Crippen LogP contribution in [0.15, 0.2) is 36.5 Å². The highest BCUT2D eigenvalue weighted by Gasteiger charge is 2.58. The van der Waals surface area contributed by atoms with Crippen molar-refractivity contribution in [3.8, 4) is 11.4 Å². The van der Waals surface area contributed by atoms with Gasteiger partial charge in [0.1, 0.15) is 0 Å². The molecule has 3 heterocycles. The van der Waals surface area contributed by atoms with Crippen LogP contribution < -0.4 is 5.32 Å². The predicted octanol–water partition coefficient (Wildman–Crippen LogP) is 2.84. The Hall–Kier alpha value is -1.98. The van der Waals surface area contributed by atoms with Crippen LogP contribution in [0, 0.1) is 17.8 Å². The Morgan fingerprint density at radius 1 is 1.14 bits per heavy atom. The van der Waals surface area contributed by atoms with Crippen molar-refractivity contribution in [2.75, 3.05) is 26.2 Å².